The van der Waals surface area contributed by atoms with Gasteiger partial charge < -0.3 is 4.74 Å². The fraction of sp³-hybridized carbons (Fsp3) is 0.903. The maximum atomic E-state index is 11.9. The Hall–Kier alpha value is -0.790. The zero-order chi connectivity index (χ0) is 24.0. The van der Waals surface area contributed by atoms with Crippen molar-refractivity contribution in [2.45, 2.75) is 119 Å². The Kier molecular flexibility index (Phi) is 5.51. The van der Waals surface area contributed by atoms with Crippen molar-refractivity contribution in [1.82, 2.24) is 0 Å². The molecule has 5 rings (SSSR count). The highest BCUT2D eigenvalue weighted by molar-refractivity contribution is 5.66. The molecular weight excluding hydrogens is 404 g/mol. The van der Waals surface area contributed by atoms with Gasteiger partial charge in [0.05, 0.1) is 0 Å². The fourth-order valence-electron chi connectivity index (χ4n) is 10.9. The van der Waals surface area contributed by atoms with E-state index >= 15 is 0 Å². The lowest BCUT2D eigenvalue weighted by molar-refractivity contribution is -0.210. The highest BCUT2D eigenvalue weighted by Crippen LogP contribution is 2.74. The summed E-state index contributed by atoms with van der Waals surface area (Å²) >= 11 is 0. The van der Waals surface area contributed by atoms with Crippen molar-refractivity contribution >= 4 is 5.97 Å². The summed E-state index contributed by atoms with van der Waals surface area (Å²) in [5.41, 5.74) is 3.01. The molecule has 0 aromatic heterocycles. The van der Waals surface area contributed by atoms with Crippen molar-refractivity contribution in [1.29, 1.82) is 0 Å². The first-order valence-corrected chi connectivity index (χ1v) is 14.2. The molecule has 0 amide bonds. The van der Waals surface area contributed by atoms with Gasteiger partial charge in [-0.3, -0.25) is 4.79 Å². The molecule has 2 heteroatoms. The van der Waals surface area contributed by atoms with Crippen LogP contribution in [-0.2, 0) is 9.53 Å². The molecule has 0 aromatic carbocycles. The smallest absolute Gasteiger partial charge is 0.302 e. The van der Waals surface area contributed by atoms with Crippen molar-refractivity contribution < 1.29 is 9.53 Å². The molecule has 4 fully saturated rings. The number of hydrogen-bond acceptors (Lipinski definition) is 2. The van der Waals surface area contributed by atoms with Gasteiger partial charge in [0.15, 0.2) is 0 Å². The van der Waals surface area contributed by atoms with Gasteiger partial charge in [-0.1, -0.05) is 66.5 Å². The predicted molar refractivity (Wildman–Crippen MR) is 136 cm³/mol. The summed E-state index contributed by atoms with van der Waals surface area (Å²) in [6.07, 6.45) is 14.7. The first-order chi connectivity index (χ1) is 15.4. The Labute approximate surface area is 203 Å². The van der Waals surface area contributed by atoms with Crippen molar-refractivity contribution in [3.8, 4) is 0 Å². The Morgan fingerprint density at radius 1 is 0.909 bits per heavy atom. The number of rotatable bonds is 1. The summed E-state index contributed by atoms with van der Waals surface area (Å²) < 4.78 is 5.90. The zero-order valence-electron chi connectivity index (χ0n) is 22.8. The van der Waals surface area contributed by atoms with Crippen molar-refractivity contribution in [2.75, 3.05) is 0 Å². The first kappa shape index (κ1) is 23.9. The third-order valence-electron chi connectivity index (χ3n) is 13.1. The first-order valence-electron chi connectivity index (χ1n) is 14.2. The molecule has 186 valence electrons. The molecule has 0 heterocycles. The van der Waals surface area contributed by atoms with Crippen LogP contribution < -0.4 is 0 Å². The second kappa shape index (κ2) is 7.60. The average molecular weight is 455 g/mol. The maximum Gasteiger partial charge on any atom is 0.302 e. The third kappa shape index (κ3) is 3.13. The number of carbonyl (C=O) groups excluding carboxylic acids is 1. The topological polar surface area (TPSA) is 26.3 Å². The highest BCUT2D eigenvalue weighted by atomic mass is 16.5. The van der Waals surface area contributed by atoms with E-state index in [1.54, 1.807) is 6.92 Å². The molecule has 4 saturated carbocycles. The van der Waals surface area contributed by atoms with E-state index in [1.807, 2.05) is 5.57 Å². The van der Waals surface area contributed by atoms with E-state index in [4.69, 9.17) is 4.74 Å². The van der Waals surface area contributed by atoms with E-state index in [1.165, 1.54) is 51.4 Å². The lowest BCUT2D eigenvalue weighted by Gasteiger charge is -2.70. The van der Waals surface area contributed by atoms with Crippen LogP contribution in [0.1, 0.15) is 113 Å². The van der Waals surface area contributed by atoms with Crippen LogP contribution in [0.15, 0.2) is 11.6 Å². The number of hydrogen-bond donors (Lipinski definition) is 0. The average Bonchev–Trinajstić information content (AvgIpc) is 2.73. The monoisotopic (exact) mass is 454 g/mol. The van der Waals surface area contributed by atoms with Crippen LogP contribution in [0.4, 0.5) is 0 Å². The lowest BCUT2D eigenvalue weighted by atomic mass is 9.34. The molecule has 0 unspecified atom stereocenters. The molecule has 0 N–H and O–H groups in total. The Morgan fingerprint density at radius 3 is 2.33 bits per heavy atom. The summed E-state index contributed by atoms with van der Waals surface area (Å²) in [5.74, 6) is 4.72. The molecule has 33 heavy (non-hydrogen) atoms. The summed E-state index contributed by atoms with van der Waals surface area (Å²) in [6.45, 7) is 19.5. The maximum absolute atomic E-state index is 11.9. The second-order valence-corrected chi connectivity index (χ2v) is 14.5. The van der Waals surface area contributed by atoms with Crippen molar-refractivity contribution in [3.05, 3.63) is 11.6 Å². The van der Waals surface area contributed by atoms with Crippen LogP contribution in [-0.4, -0.2) is 12.1 Å². The van der Waals surface area contributed by atoms with E-state index in [0.717, 1.165) is 36.0 Å². The van der Waals surface area contributed by atoms with Crippen LogP contribution >= 0.6 is 0 Å². The van der Waals surface area contributed by atoms with Crippen LogP contribution in [0.5, 0.6) is 0 Å². The highest BCUT2D eigenvalue weighted by Gasteiger charge is 2.67. The van der Waals surface area contributed by atoms with Gasteiger partial charge in [0.1, 0.15) is 6.10 Å². The molecule has 2 nitrogen and oxygen atoms in total. The Morgan fingerprint density at radius 2 is 1.64 bits per heavy atom. The molecular formula is C31H50O2. The third-order valence-corrected chi connectivity index (χ3v) is 13.1. The zero-order valence-corrected chi connectivity index (χ0v) is 22.8. The fourth-order valence-corrected chi connectivity index (χ4v) is 10.9. The summed E-state index contributed by atoms with van der Waals surface area (Å²) in [6, 6.07) is 0. The molecule has 0 saturated heterocycles. The van der Waals surface area contributed by atoms with E-state index < -0.39 is 0 Å². The van der Waals surface area contributed by atoms with E-state index in [0.29, 0.717) is 22.2 Å². The molecule has 0 spiro atoms. The van der Waals surface area contributed by atoms with Crippen LogP contribution in [0.3, 0.4) is 0 Å². The van der Waals surface area contributed by atoms with Gasteiger partial charge in [-0.2, -0.15) is 0 Å². The minimum atomic E-state index is -0.109. The molecule has 5 aliphatic rings. The van der Waals surface area contributed by atoms with Gasteiger partial charge in [0.2, 0.25) is 0 Å². The van der Waals surface area contributed by atoms with Gasteiger partial charge in [0, 0.05) is 12.3 Å². The summed E-state index contributed by atoms with van der Waals surface area (Å²) in [5, 5.41) is 0. The normalized spacial score (nSPS) is 53.0. The minimum absolute atomic E-state index is 0.0515. The largest absolute Gasteiger partial charge is 0.462 e. The van der Waals surface area contributed by atoms with Crippen LogP contribution in [0.2, 0.25) is 0 Å². The lowest BCUT2D eigenvalue weighted by Crippen LogP contribution is -2.64. The molecule has 0 aliphatic heterocycles. The van der Waals surface area contributed by atoms with Crippen LogP contribution in [0, 0.1) is 57.2 Å². The van der Waals surface area contributed by atoms with Crippen molar-refractivity contribution in [3.63, 3.8) is 0 Å². The Balaban J connectivity index is 1.52. The van der Waals surface area contributed by atoms with Gasteiger partial charge in [-0.05, 0) is 103 Å². The number of carbonyl (C=O) groups is 1. The second-order valence-electron chi connectivity index (χ2n) is 14.5. The molecule has 0 bridgehead atoms. The predicted octanol–water partition coefficient (Wildman–Crippen LogP) is 8.21. The van der Waals surface area contributed by atoms with Gasteiger partial charge >= 0.3 is 5.97 Å². The molecule has 0 radical (unpaired) electrons. The van der Waals surface area contributed by atoms with Crippen LogP contribution in [0.25, 0.3) is 0 Å². The van der Waals surface area contributed by atoms with E-state index in [2.05, 4.69) is 54.5 Å². The van der Waals surface area contributed by atoms with Gasteiger partial charge in [0.25, 0.3) is 0 Å². The van der Waals surface area contributed by atoms with Gasteiger partial charge in [-0.15, -0.1) is 0 Å². The summed E-state index contributed by atoms with van der Waals surface area (Å²) in [7, 11) is 0. The number of esters is 1. The molecule has 10 atom stereocenters. The molecule has 0 aromatic rings. The summed E-state index contributed by atoms with van der Waals surface area (Å²) in [4.78, 5) is 11.9. The number of allylic oxidation sites excluding steroid dienone is 2. The SMILES string of the molecule is CC(=O)O[C@H]1CC[C@]2(C)[C@H]3CC=C4[C@H]5[C@H](CC[C@@H](C)[C@@H]5C)CC[C@@]4(C)[C@]3(C)CC[C@H]2C1(C)C. The number of ether oxygens (including phenoxy) is 1. The minimum Gasteiger partial charge on any atom is -0.462 e. The van der Waals surface area contributed by atoms with Gasteiger partial charge in [-0.25, -0.2) is 0 Å². The van der Waals surface area contributed by atoms with E-state index in [9.17, 15) is 4.79 Å². The Bertz CT molecular complexity index is 838. The van der Waals surface area contributed by atoms with Crippen molar-refractivity contribution in [2.24, 2.45) is 57.2 Å². The van der Waals surface area contributed by atoms with E-state index in [-0.39, 0.29) is 17.5 Å². The number of fused-ring (bicyclic) bond motifs is 7. The molecule has 5 aliphatic carbocycles. The quantitative estimate of drug-likeness (QED) is 0.295. The standard InChI is InChI=1S/C31H50O2/c1-19-9-10-22-13-17-30(7)23(27(22)20(19)2)11-12-25-29(6)16-15-26(33-21(3)32)28(4,5)24(29)14-18-31(25,30)8/h11,19-20,22,24-27H,9-10,12-18H2,1-8H3/t19-,20+,22-,24+,25-,26+,27-,29+,30-,31-/m1/s1.